The minimum atomic E-state index is -0.0926. The lowest BCUT2D eigenvalue weighted by Gasteiger charge is -2.26. The van der Waals surface area contributed by atoms with E-state index in [4.69, 9.17) is 5.73 Å². The molecular weight excluding hydrogens is 162 g/mol. The van der Waals surface area contributed by atoms with Gasteiger partial charge in [0, 0.05) is 6.04 Å². The Morgan fingerprint density at radius 1 is 1.38 bits per heavy atom. The van der Waals surface area contributed by atoms with Crippen LogP contribution in [-0.4, -0.2) is 12.3 Å². The van der Waals surface area contributed by atoms with E-state index in [1.807, 2.05) is 18.2 Å². The van der Waals surface area contributed by atoms with Gasteiger partial charge in [0.15, 0.2) is 0 Å². The van der Waals surface area contributed by atoms with Crippen molar-refractivity contribution < 1.29 is 4.79 Å². The Morgan fingerprint density at radius 3 is 2.92 bits per heavy atom. The quantitative estimate of drug-likeness (QED) is 0.652. The molecule has 0 aromatic heterocycles. The lowest BCUT2D eigenvalue weighted by Crippen LogP contribution is -2.33. The lowest BCUT2D eigenvalue weighted by atomic mass is 9.80. The number of hydrogen-bond acceptors (Lipinski definition) is 2. The van der Waals surface area contributed by atoms with Crippen molar-refractivity contribution in [1.29, 1.82) is 0 Å². The standard InChI is InChI=1S/C11H13NO/c12-11-6-5-8-3-1-2-4-9(8)10(11)7-13/h1-4,7,10-11H,5-6,12H2. The molecule has 0 spiro atoms. The number of aryl methyl sites for hydroxylation is 1. The third-order valence-electron chi connectivity index (χ3n) is 2.77. The lowest BCUT2D eigenvalue weighted by molar-refractivity contribution is -0.109. The molecule has 2 nitrogen and oxygen atoms in total. The second-order valence-corrected chi connectivity index (χ2v) is 3.56. The van der Waals surface area contributed by atoms with E-state index < -0.39 is 0 Å². The molecule has 2 heteroatoms. The maximum absolute atomic E-state index is 10.9. The SMILES string of the molecule is NC1CCc2ccccc2C1C=O. The van der Waals surface area contributed by atoms with Gasteiger partial charge >= 0.3 is 0 Å². The van der Waals surface area contributed by atoms with Gasteiger partial charge < -0.3 is 10.5 Å². The van der Waals surface area contributed by atoms with E-state index >= 15 is 0 Å². The molecule has 0 fully saturated rings. The van der Waals surface area contributed by atoms with Crippen LogP contribution in [0.3, 0.4) is 0 Å². The Balaban J connectivity index is 2.45. The molecular formula is C11H13NO. The third-order valence-corrected chi connectivity index (χ3v) is 2.77. The zero-order valence-corrected chi connectivity index (χ0v) is 7.44. The molecule has 0 bridgehead atoms. The highest BCUT2D eigenvalue weighted by molar-refractivity contribution is 5.65. The molecule has 68 valence electrons. The van der Waals surface area contributed by atoms with Crippen molar-refractivity contribution in [3.63, 3.8) is 0 Å². The molecule has 1 aromatic rings. The van der Waals surface area contributed by atoms with Crippen LogP contribution in [0.5, 0.6) is 0 Å². The maximum Gasteiger partial charge on any atom is 0.129 e. The zero-order chi connectivity index (χ0) is 9.26. The minimum Gasteiger partial charge on any atom is -0.327 e. The van der Waals surface area contributed by atoms with E-state index in [0.29, 0.717) is 0 Å². The fraction of sp³-hybridized carbons (Fsp3) is 0.364. The normalized spacial score (nSPS) is 26.5. The summed E-state index contributed by atoms with van der Waals surface area (Å²) in [6, 6.07) is 8.07. The van der Waals surface area contributed by atoms with Gasteiger partial charge in [-0.05, 0) is 24.0 Å². The van der Waals surface area contributed by atoms with Gasteiger partial charge in [-0.3, -0.25) is 0 Å². The summed E-state index contributed by atoms with van der Waals surface area (Å²) >= 11 is 0. The zero-order valence-electron chi connectivity index (χ0n) is 7.44. The summed E-state index contributed by atoms with van der Waals surface area (Å²) < 4.78 is 0. The van der Waals surface area contributed by atoms with E-state index in [-0.39, 0.29) is 12.0 Å². The van der Waals surface area contributed by atoms with Crippen molar-refractivity contribution in [2.75, 3.05) is 0 Å². The predicted octanol–water partition coefficient (Wildman–Crippen LogP) is 1.24. The van der Waals surface area contributed by atoms with Gasteiger partial charge in [-0.25, -0.2) is 0 Å². The number of nitrogens with two attached hydrogens (primary N) is 1. The maximum atomic E-state index is 10.9. The van der Waals surface area contributed by atoms with Crippen LogP contribution in [0, 0.1) is 0 Å². The highest BCUT2D eigenvalue weighted by atomic mass is 16.1. The van der Waals surface area contributed by atoms with Gasteiger partial charge in [0.2, 0.25) is 0 Å². The largest absolute Gasteiger partial charge is 0.327 e. The molecule has 0 aliphatic heterocycles. The van der Waals surface area contributed by atoms with Gasteiger partial charge in [0.05, 0.1) is 5.92 Å². The molecule has 1 aromatic carbocycles. The molecule has 2 atom stereocenters. The predicted molar refractivity (Wildman–Crippen MR) is 51.5 cm³/mol. The van der Waals surface area contributed by atoms with E-state index in [9.17, 15) is 4.79 Å². The molecule has 2 rings (SSSR count). The molecule has 0 heterocycles. The van der Waals surface area contributed by atoms with E-state index in [0.717, 1.165) is 24.7 Å². The summed E-state index contributed by atoms with van der Waals surface area (Å²) in [5, 5.41) is 0. The molecule has 1 aliphatic carbocycles. The van der Waals surface area contributed by atoms with Gasteiger partial charge in [-0.1, -0.05) is 24.3 Å². The topological polar surface area (TPSA) is 43.1 Å². The number of carbonyl (C=O) groups is 1. The Hall–Kier alpha value is -1.15. The molecule has 0 amide bonds. The molecule has 1 aliphatic rings. The number of hydrogen-bond donors (Lipinski definition) is 1. The Morgan fingerprint density at radius 2 is 2.15 bits per heavy atom. The Labute approximate surface area is 77.8 Å². The van der Waals surface area contributed by atoms with E-state index in [1.54, 1.807) is 0 Å². The Kier molecular flexibility index (Phi) is 2.15. The first-order chi connectivity index (χ1) is 6.33. The number of aldehydes is 1. The Bertz CT molecular complexity index is 322. The monoisotopic (exact) mass is 175 g/mol. The van der Waals surface area contributed by atoms with Gasteiger partial charge in [-0.15, -0.1) is 0 Å². The average molecular weight is 175 g/mol. The van der Waals surface area contributed by atoms with Crippen LogP contribution in [-0.2, 0) is 11.2 Å². The van der Waals surface area contributed by atoms with Gasteiger partial charge in [0.25, 0.3) is 0 Å². The number of fused-ring (bicyclic) bond motifs is 1. The fourth-order valence-corrected chi connectivity index (χ4v) is 1.99. The smallest absolute Gasteiger partial charge is 0.129 e. The molecule has 0 radical (unpaired) electrons. The van der Waals surface area contributed by atoms with Crippen molar-refractivity contribution in [2.45, 2.75) is 24.8 Å². The molecule has 0 saturated carbocycles. The second-order valence-electron chi connectivity index (χ2n) is 3.56. The number of benzene rings is 1. The first-order valence-electron chi connectivity index (χ1n) is 4.61. The van der Waals surface area contributed by atoms with Crippen molar-refractivity contribution in [1.82, 2.24) is 0 Å². The average Bonchev–Trinajstić information content (AvgIpc) is 2.18. The van der Waals surface area contributed by atoms with Crippen LogP contribution >= 0.6 is 0 Å². The van der Waals surface area contributed by atoms with Crippen LogP contribution in [0.1, 0.15) is 23.5 Å². The van der Waals surface area contributed by atoms with E-state index in [1.165, 1.54) is 5.56 Å². The number of carbonyl (C=O) groups excluding carboxylic acids is 1. The summed E-state index contributed by atoms with van der Waals surface area (Å²) in [6.45, 7) is 0. The van der Waals surface area contributed by atoms with Crippen LogP contribution in [0.15, 0.2) is 24.3 Å². The molecule has 13 heavy (non-hydrogen) atoms. The fourth-order valence-electron chi connectivity index (χ4n) is 1.99. The highest BCUT2D eigenvalue weighted by Gasteiger charge is 2.25. The van der Waals surface area contributed by atoms with Gasteiger partial charge in [0.1, 0.15) is 6.29 Å². The second kappa shape index (κ2) is 3.30. The van der Waals surface area contributed by atoms with E-state index in [2.05, 4.69) is 6.07 Å². The van der Waals surface area contributed by atoms with Gasteiger partial charge in [-0.2, -0.15) is 0 Å². The summed E-state index contributed by atoms with van der Waals surface area (Å²) in [5.74, 6) is -0.0926. The summed E-state index contributed by atoms with van der Waals surface area (Å²) in [6.07, 6.45) is 2.89. The summed E-state index contributed by atoms with van der Waals surface area (Å²) in [7, 11) is 0. The summed E-state index contributed by atoms with van der Waals surface area (Å²) in [5.41, 5.74) is 8.27. The van der Waals surface area contributed by atoms with Crippen molar-refractivity contribution in [2.24, 2.45) is 5.73 Å². The van der Waals surface area contributed by atoms with Crippen LogP contribution in [0.25, 0.3) is 0 Å². The minimum absolute atomic E-state index is 0.00685. The van der Waals surface area contributed by atoms with Crippen LogP contribution in [0.4, 0.5) is 0 Å². The first kappa shape index (κ1) is 8.45. The first-order valence-corrected chi connectivity index (χ1v) is 4.61. The summed E-state index contributed by atoms with van der Waals surface area (Å²) in [4.78, 5) is 10.9. The van der Waals surface area contributed by atoms with Crippen LogP contribution < -0.4 is 5.73 Å². The van der Waals surface area contributed by atoms with Crippen molar-refractivity contribution in [3.05, 3.63) is 35.4 Å². The number of rotatable bonds is 1. The third kappa shape index (κ3) is 1.38. The molecule has 0 saturated heterocycles. The van der Waals surface area contributed by atoms with Crippen LogP contribution in [0.2, 0.25) is 0 Å². The molecule has 2 unspecified atom stereocenters. The van der Waals surface area contributed by atoms with Crippen molar-refractivity contribution >= 4 is 6.29 Å². The van der Waals surface area contributed by atoms with Crippen molar-refractivity contribution in [3.8, 4) is 0 Å². The highest BCUT2D eigenvalue weighted by Crippen LogP contribution is 2.28. The molecule has 2 N–H and O–H groups in total.